The zero-order valence-electron chi connectivity index (χ0n) is 18.1. The molecular weight excluding hydrogens is 483 g/mol. The Morgan fingerprint density at radius 2 is 1.62 bits per heavy atom. The molecule has 34 heavy (non-hydrogen) atoms. The van der Waals surface area contributed by atoms with Crippen molar-refractivity contribution in [3.05, 3.63) is 59.6 Å². The third kappa shape index (κ3) is 7.32. The SMILES string of the molecule is NS(=O)(=O)CC1=CC(=Nc2ncc(F)c(N=C3C=CCC(CS(=O)(=O)NC4CC4)=C3)n2)C=CC1. The van der Waals surface area contributed by atoms with Gasteiger partial charge in [0.1, 0.15) is 0 Å². The molecule has 0 spiro atoms. The summed E-state index contributed by atoms with van der Waals surface area (Å²) in [7, 11) is -7.12. The van der Waals surface area contributed by atoms with Crippen LogP contribution < -0.4 is 9.86 Å². The van der Waals surface area contributed by atoms with Crippen LogP contribution in [0, 0.1) is 5.82 Å². The summed E-state index contributed by atoms with van der Waals surface area (Å²) in [6.45, 7) is 0. The number of nitrogens with two attached hydrogens (primary N) is 1. The van der Waals surface area contributed by atoms with Gasteiger partial charge < -0.3 is 0 Å². The number of aromatic nitrogens is 2. The molecule has 180 valence electrons. The Balaban J connectivity index is 1.55. The molecule has 3 N–H and O–H groups in total. The van der Waals surface area contributed by atoms with E-state index >= 15 is 0 Å². The van der Waals surface area contributed by atoms with Gasteiger partial charge in [0.2, 0.25) is 20.0 Å². The fraction of sp³-hybridized carbons (Fsp3) is 0.333. The van der Waals surface area contributed by atoms with Crippen LogP contribution in [0.5, 0.6) is 0 Å². The Bertz CT molecular complexity index is 1390. The van der Waals surface area contributed by atoms with Crippen LogP contribution in [0.25, 0.3) is 0 Å². The normalized spacial score (nSPS) is 21.1. The molecule has 1 aromatic rings. The molecule has 1 heterocycles. The van der Waals surface area contributed by atoms with Crippen molar-refractivity contribution in [3.63, 3.8) is 0 Å². The monoisotopic (exact) mass is 506 g/mol. The van der Waals surface area contributed by atoms with E-state index in [0.29, 0.717) is 35.4 Å². The maximum Gasteiger partial charge on any atom is 0.252 e. The van der Waals surface area contributed by atoms with Crippen LogP contribution in [-0.2, 0) is 20.0 Å². The molecule has 0 atom stereocenters. The van der Waals surface area contributed by atoms with E-state index in [2.05, 4.69) is 24.7 Å². The van der Waals surface area contributed by atoms with Gasteiger partial charge >= 0.3 is 0 Å². The standard InChI is InChI=1S/C21H23FN6O4S2/c22-19-11-24-21(26-18-6-1-3-14(9-18)12-33(23,29)30)27-20(19)25-17-5-2-4-15(10-17)13-34(31,32)28-16-7-8-16/h1-2,5-6,9-11,16,28H,3-4,7-8,12-13H2,(H2,23,29,30). The Kier molecular flexibility index (Phi) is 6.98. The summed E-state index contributed by atoms with van der Waals surface area (Å²) in [4.78, 5) is 16.3. The predicted octanol–water partition coefficient (Wildman–Crippen LogP) is 1.90. The summed E-state index contributed by atoms with van der Waals surface area (Å²) in [6, 6.07) is 0.0256. The number of sulfonamides is 2. The zero-order valence-corrected chi connectivity index (χ0v) is 19.7. The van der Waals surface area contributed by atoms with Gasteiger partial charge in [-0.1, -0.05) is 12.2 Å². The molecular formula is C21H23FN6O4S2. The van der Waals surface area contributed by atoms with E-state index in [1.807, 2.05) is 0 Å². The van der Waals surface area contributed by atoms with Crippen molar-refractivity contribution in [3.8, 4) is 0 Å². The highest BCUT2D eigenvalue weighted by atomic mass is 32.2. The number of hydrogen-bond donors (Lipinski definition) is 2. The van der Waals surface area contributed by atoms with Crippen LogP contribution in [-0.4, -0.2) is 55.8 Å². The second-order valence-electron chi connectivity index (χ2n) is 8.19. The second-order valence-corrected chi connectivity index (χ2v) is 11.6. The van der Waals surface area contributed by atoms with Gasteiger partial charge in [-0.3, -0.25) is 0 Å². The lowest BCUT2D eigenvalue weighted by atomic mass is 10.1. The van der Waals surface area contributed by atoms with Crippen LogP contribution in [0.15, 0.2) is 63.8 Å². The third-order valence-electron chi connectivity index (χ3n) is 4.90. The van der Waals surface area contributed by atoms with Gasteiger partial charge in [-0.2, -0.15) is 4.98 Å². The van der Waals surface area contributed by atoms with E-state index in [1.165, 1.54) is 0 Å². The van der Waals surface area contributed by atoms with Gasteiger partial charge in [-0.25, -0.2) is 46.1 Å². The molecule has 3 aliphatic carbocycles. The molecule has 0 aromatic carbocycles. The van der Waals surface area contributed by atoms with Crippen LogP contribution in [0.4, 0.5) is 16.2 Å². The minimum absolute atomic E-state index is 0.0256. The van der Waals surface area contributed by atoms with Crippen LogP contribution in [0.3, 0.4) is 0 Å². The zero-order chi connectivity index (χ0) is 24.3. The van der Waals surface area contributed by atoms with E-state index in [-0.39, 0.29) is 29.3 Å². The van der Waals surface area contributed by atoms with Gasteiger partial charge in [0.15, 0.2) is 11.6 Å². The van der Waals surface area contributed by atoms with Gasteiger partial charge in [0.05, 0.1) is 29.1 Å². The molecule has 13 heteroatoms. The van der Waals surface area contributed by atoms with Crippen molar-refractivity contribution in [1.29, 1.82) is 0 Å². The Labute approximate surface area is 197 Å². The van der Waals surface area contributed by atoms with Crippen molar-refractivity contribution in [2.45, 2.75) is 31.7 Å². The number of allylic oxidation sites excluding steroid dienone is 6. The number of halogens is 1. The smallest absolute Gasteiger partial charge is 0.228 e. The Morgan fingerprint density at radius 3 is 2.24 bits per heavy atom. The second kappa shape index (κ2) is 9.78. The summed E-state index contributed by atoms with van der Waals surface area (Å²) >= 11 is 0. The van der Waals surface area contributed by atoms with Gasteiger partial charge in [0, 0.05) is 6.04 Å². The predicted molar refractivity (Wildman–Crippen MR) is 128 cm³/mol. The van der Waals surface area contributed by atoms with Gasteiger partial charge in [0.25, 0.3) is 5.95 Å². The van der Waals surface area contributed by atoms with Gasteiger partial charge in [-0.15, -0.1) is 0 Å². The molecule has 1 saturated carbocycles. The molecule has 0 saturated heterocycles. The highest BCUT2D eigenvalue weighted by Gasteiger charge is 2.27. The van der Waals surface area contributed by atoms with Gasteiger partial charge in [-0.05, 0) is 61.1 Å². The highest BCUT2D eigenvalue weighted by molar-refractivity contribution is 7.89. The summed E-state index contributed by atoms with van der Waals surface area (Å²) in [5.74, 6) is -1.53. The number of aliphatic imine (C=N–C) groups is 2. The molecule has 1 aromatic heterocycles. The van der Waals surface area contributed by atoms with Crippen molar-refractivity contribution >= 4 is 43.2 Å². The van der Waals surface area contributed by atoms with E-state index < -0.39 is 25.9 Å². The first-order valence-corrected chi connectivity index (χ1v) is 13.8. The summed E-state index contributed by atoms with van der Waals surface area (Å²) in [5.41, 5.74) is 1.93. The number of primary sulfonamides is 1. The summed E-state index contributed by atoms with van der Waals surface area (Å²) in [6.07, 6.45) is 13.5. The van der Waals surface area contributed by atoms with E-state index in [4.69, 9.17) is 5.14 Å². The number of hydrogen-bond acceptors (Lipinski definition) is 8. The highest BCUT2D eigenvalue weighted by Crippen LogP contribution is 2.23. The maximum atomic E-state index is 14.3. The lowest BCUT2D eigenvalue weighted by Gasteiger charge is -2.11. The third-order valence-corrected chi connectivity index (χ3v) is 7.12. The average molecular weight is 507 g/mol. The number of nitrogens with one attached hydrogen (secondary N) is 1. The van der Waals surface area contributed by atoms with Crippen molar-refractivity contribution in [2.24, 2.45) is 15.1 Å². The molecule has 0 bridgehead atoms. The molecule has 4 rings (SSSR count). The fourth-order valence-electron chi connectivity index (χ4n) is 3.35. The van der Waals surface area contributed by atoms with Crippen molar-refractivity contribution in [1.82, 2.24) is 14.7 Å². The van der Waals surface area contributed by atoms with Crippen LogP contribution in [0.2, 0.25) is 0 Å². The summed E-state index contributed by atoms with van der Waals surface area (Å²) < 4.78 is 64.1. The average Bonchev–Trinajstić information content (AvgIpc) is 3.52. The van der Waals surface area contributed by atoms with Crippen LogP contribution in [0.1, 0.15) is 25.7 Å². The molecule has 0 radical (unpaired) electrons. The molecule has 1 fully saturated rings. The first kappa shape index (κ1) is 24.3. The van der Waals surface area contributed by atoms with E-state index in [0.717, 1.165) is 19.0 Å². The number of rotatable bonds is 8. The first-order chi connectivity index (χ1) is 16.0. The quantitative estimate of drug-likeness (QED) is 0.548. The number of nitrogens with zero attached hydrogens (tertiary/aromatic N) is 4. The molecule has 3 aliphatic rings. The van der Waals surface area contributed by atoms with E-state index in [1.54, 1.807) is 36.5 Å². The van der Waals surface area contributed by atoms with Crippen LogP contribution >= 0.6 is 0 Å². The fourth-order valence-corrected chi connectivity index (χ4v) is 5.59. The summed E-state index contributed by atoms with van der Waals surface area (Å²) in [5, 5.41) is 5.10. The van der Waals surface area contributed by atoms with E-state index in [9.17, 15) is 21.2 Å². The molecule has 10 nitrogen and oxygen atoms in total. The topological polar surface area (TPSA) is 157 Å². The lowest BCUT2D eigenvalue weighted by molar-refractivity contribution is 0.582. The molecule has 0 aliphatic heterocycles. The van der Waals surface area contributed by atoms with Crippen molar-refractivity contribution in [2.75, 3.05) is 11.5 Å². The molecule has 0 unspecified atom stereocenters. The minimum atomic E-state index is -3.68. The largest absolute Gasteiger partial charge is 0.252 e. The van der Waals surface area contributed by atoms with Crippen molar-refractivity contribution < 1.29 is 21.2 Å². The minimum Gasteiger partial charge on any atom is -0.228 e. The lowest BCUT2D eigenvalue weighted by Crippen LogP contribution is -2.29. The maximum absolute atomic E-state index is 14.3. The Hall–Kier alpha value is -2.87. The Morgan fingerprint density at radius 1 is 1.00 bits per heavy atom. The first-order valence-electron chi connectivity index (χ1n) is 10.5. The molecule has 0 amide bonds.